The van der Waals surface area contributed by atoms with Crippen molar-refractivity contribution in [3.05, 3.63) is 81.4 Å². The second-order valence-electron chi connectivity index (χ2n) is 7.24. The van der Waals surface area contributed by atoms with Gasteiger partial charge in [-0.05, 0) is 42.1 Å². The first kappa shape index (κ1) is 18.4. The summed E-state index contributed by atoms with van der Waals surface area (Å²) in [4.78, 5) is 31.9. The van der Waals surface area contributed by atoms with E-state index < -0.39 is 5.82 Å². The van der Waals surface area contributed by atoms with Gasteiger partial charge in [-0.25, -0.2) is 4.39 Å². The molecule has 0 aliphatic carbocycles. The number of pyridine rings is 1. The standard InChI is InChI=1S/C22H22FN3O2/c1-15-4-2-5-16-12-18(21(27)24-20(15)16)14-25-8-10-26(11-9-25)22(28)17-6-3-7-19(23)13-17/h2-7,12-13H,8-11,14H2,1H3,(H,24,27). The Morgan fingerprint density at radius 2 is 1.82 bits per heavy atom. The van der Waals surface area contributed by atoms with Gasteiger partial charge in [-0.1, -0.05) is 24.3 Å². The van der Waals surface area contributed by atoms with Gasteiger partial charge in [-0.15, -0.1) is 0 Å². The number of para-hydroxylation sites is 1. The van der Waals surface area contributed by atoms with Crippen LogP contribution < -0.4 is 5.56 Å². The Balaban J connectivity index is 1.43. The average molecular weight is 379 g/mol. The lowest BCUT2D eigenvalue weighted by Gasteiger charge is -2.34. The fraction of sp³-hybridized carbons (Fsp3) is 0.273. The molecule has 0 bridgehead atoms. The number of amides is 1. The van der Waals surface area contributed by atoms with Gasteiger partial charge in [0.25, 0.3) is 11.5 Å². The molecule has 2 aromatic carbocycles. The molecular formula is C22H22FN3O2. The van der Waals surface area contributed by atoms with E-state index in [1.165, 1.54) is 12.1 Å². The molecule has 2 heterocycles. The zero-order chi connectivity index (χ0) is 19.7. The topological polar surface area (TPSA) is 56.4 Å². The largest absolute Gasteiger partial charge is 0.336 e. The summed E-state index contributed by atoms with van der Waals surface area (Å²) in [5.41, 5.74) is 2.95. The Bertz CT molecular complexity index is 1080. The van der Waals surface area contributed by atoms with Crippen molar-refractivity contribution < 1.29 is 9.18 Å². The number of nitrogens with one attached hydrogen (secondary N) is 1. The van der Waals surface area contributed by atoms with Gasteiger partial charge in [0.05, 0.1) is 5.52 Å². The summed E-state index contributed by atoms with van der Waals surface area (Å²) < 4.78 is 13.4. The molecule has 1 saturated heterocycles. The van der Waals surface area contributed by atoms with E-state index in [0.717, 1.165) is 22.0 Å². The van der Waals surface area contributed by atoms with Crippen molar-refractivity contribution in [2.75, 3.05) is 26.2 Å². The third kappa shape index (κ3) is 3.68. The van der Waals surface area contributed by atoms with Gasteiger partial charge in [0.1, 0.15) is 5.82 Å². The third-order valence-electron chi connectivity index (χ3n) is 5.29. The molecule has 3 aromatic rings. The van der Waals surface area contributed by atoms with Gasteiger partial charge in [0.15, 0.2) is 0 Å². The molecule has 6 heteroatoms. The number of benzene rings is 2. The molecule has 1 aromatic heterocycles. The molecule has 144 valence electrons. The van der Waals surface area contributed by atoms with Crippen molar-refractivity contribution in [2.24, 2.45) is 0 Å². The molecule has 0 radical (unpaired) electrons. The number of fused-ring (bicyclic) bond motifs is 1. The Kier molecular flexibility index (Phi) is 4.96. The van der Waals surface area contributed by atoms with Crippen molar-refractivity contribution in [3.63, 3.8) is 0 Å². The Labute approximate surface area is 162 Å². The van der Waals surface area contributed by atoms with Crippen molar-refractivity contribution in [1.29, 1.82) is 0 Å². The van der Waals surface area contributed by atoms with Crippen LogP contribution in [0.4, 0.5) is 4.39 Å². The highest BCUT2D eigenvalue weighted by Gasteiger charge is 2.23. The summed E-state index contributed by atoms with van der Waals surface area (Å²) >= 11 is 0. The number of hydrogen-bond acceptors (Lipinski definition) is 3. The Morgan fingerprint density at radius 1 is 1.07 bits per heavy atom. The van der Waals surface area contributed by atoms with Crippen LogP contribution in [0.25, 0.3) is 10.9 Å². The number of aryl methyl sites for hydroxylation is 1. The fourth-order valence-electron chi connectivity index (χ4n) is 3.70. The lowest BCUT2D eigenvalue weighted by molar-refractivity contribution is 0.0627. The summed E-state index contributed by atoms with van der Waals surface area (Å²) in [6.07, 6.45) is 0. The highest BCUT2D eigenvalue weighted by molar-refractivity contribution is 5.94. The predicted octanol–water partition coefficient (Wildman–Crippen LogP) is 2.93. The van der Waals surface area contributed by atoms with E-state index in [0.29, 0.717) is 38.3 Å². The molecule has 4 rings (SSSR count). The molecule has 28 heavy (non-hydrogen) atoms. The van der Waals surface area contributed by atoms with Crippen LogP contribution in [-0.4, -0.2) is 46.9 Å². The zero-order valence-electron chi connectivity index (χ0n) is 15.7. The van der Waals surface area contributed by atoms with Crippen molar-refractivity contribution in [3.8, 4) is 0 Å². The van der Waals surface area contributed by atoms with E-state index >= 15 is 0 Å². The quantitative estimate of drug-likeness (QED) is 0.761. The molecule has 0 saturated carbocycles. The number of carbonyl (C=O) groups is 1. The van der Waals surface area contributed by atoms with Crippen LogP contribution >= 0.6 is 0 Å². The first-order valence-corrected chi connectivity index (χ1v) is 9.40. The number of rotatable bonds is 3. The number of halogens is 1. The summed E-state index contributed by atoms with van der Waals surface area (Å²) in [5.74, 6) is -0.562. The van der Waals surface area contributed by atoms with Gasteiger partial charge in [-0.2, -0.15) is 0 Å². The minimum atomic E-state index is -0.407. The number of piperazine rings is 1. The highest BCUT2D eigenvalue weighted by atomic mass is 19.1. The van der Waals surface area contributed by atoms with Crippen molar-refractivity contribution in [1.82, 2.24) is 14.8 Å². The van der Waals surface area contributed by atoms with Crippen LogP contribution in [0, 0.1) is 12.7 Å². The van der Waals surface area contributed by atoms with Gasteiger partial charge in [-0.3, -0.25) is 14.5 Å². The van der Waals surface area contributed by atoms with E-state index in [2.05, 4.69) is 9.88 Å². The monoisotopic (exact) mass is 379 g/mol. The maximum Gasteiger partial charge on any atom is 0.254 e. The maximum absolute atomic E-state index is 13.4. The van der Waals surface area contributed by atoms with Crippen molar-refractivity contribution in [2.45, 2.75) is 13.5 Å². The van der Waals surface area contributed by atoms with Crippen LogP contribution in [0.5, 0.6) is 0 Å². The van der Waals surface area contributed by atoms with Crippen molar-refractivity contribution >= 4 is 16.8 Å². The molecule has 1 amide bonds. The lowest BCUT2D eigenvalue weighted by Crippen LogP contribution is -2.48. The molecule has 1 fully saturated rings. The number of hydrogen-bond donors (Lipinski definition) is 1. The van der Waals surface area contributed by atoms with Gasteiger partial charge in [0, 0.05) is 43.9 Å². The number of carbonyl (C=O) groups excluding carboxylic acids is 1. The zero-order valence-corrected chi connectivity index (χ0v) is 15.7. The van der Waals surface area contributed by atoms with Crippen LogP contribution in [0.2, 0.25) is 0 Å². The summed E-state index contributed by atoms with van der Waals surface area (Å²) in [5, 5.41) is 1.02. The van der Waals surface area contributed by atoms with Gasteiger partial charge >= 0.3 is 0 Å². The van der Waals surface area contributed by atoms with E-state index in [4.69, 9.17) is 0 Å². The first-order valence-electron chi connectivity index (χ1n) is 9.40. The number of nitrogens with zero attached hydrogens (tertiary/aromatic N) is 2. The van der Waals surface area contributed by atoms with Crippen LogP contribution in [0.15, 0.2) is 53.3 Å². The fourth-order valence-corrected chi connectivity index (χ4v) is 3.70. The normalized spacial score (nSPS) is 15.1. The number of aromatic nitrogens is 1. The smallest absolute Gasteiger partial charge is 0.254 e. The predicted molar refractivity (Wildman–Crippen MR) is 107 cm³/mol. The molecule has 0 unspecified atom stereocenters. The second-order valence-corrected chi connectivity index (χ2v) is 7.24. The Hall–Kier alpha value is -2.99. The molecule has 5 nitrogen and oxygen atoms in total. The molecule has 1 N–H and O–H groups in total. The van der Waals surface area contributed by atoms with Crippen LogP contribution in [-0.2, 0) is 6.54 Å². The number of aromatic amines is 1. The van der Waals surface area contributed by atoms with Crippen LogP contribution in [0.3, 0.4) is 0 Å². The number of H-pyrrole nitrogens is 1. The minimum Gasteiger partial charge on any atom is -0.336 e. The maximum atomic E-state index is 13.4. The van der Waals surface area contributed by atoms with Gasteiger partial charge in [0.2, 0.25) is 0 Å². The third-order valence-corrected chi connectivity index (χ3v) is 5.29. The van der Waals surface area contributed by atoms with Crippen LogP contribution in [0.1, 0.15) is 21.5 Å². The molecule has 0 atom stereocenters. The first-order chi connectivity index (χ1) is 13.5. The van der Waals surface area contributed by atoms with E-state index in [9.17, 15) is 14.0 Å². The molecule has 0 spiro atoms. The molecular weight excluding hydrogens is 357 g/mol. The molecule has 1 aliphatic rings. The summed E-state index contributed by atoms with van der Waals surface area (Å²) in [6.45, 7) is 4.98. The summed E-state index contributed by atoms with van der Waals surface area (Å²) in [6, 6.07) is 13.7. The molecule has 1 aliphatic heterocycles. The average Bonchev–Trinajstić information content (AvgIpc) is 2.69. The highest BCUT2D eigenvalue weighted by Crippen LogP contribution is 2.17. The van der Waals surface area contributed by atoms with E-state index in [-0.39, 0.29) is 11.5 Å². The lowest BCUT2D eigenvalue weighted by atomic mass is 10.1. The van der Waals surface area contributed by atoms with Gasteiger partial charge < -0.3 is 9.88 Å². The Morgan fingerprint density at radius 3 is 2.57 bits per heavy atom. The van der Waals surface area contributed by atoms with E-state index in [1.54, 1.807) is 17.0 Å². The second kappa shape index (κ2) is 7.56. The van der Waals surface area contributed by atoms with E-state index in [1.807, 2.05) is 31.2 Å². The minimum absolute atomic E-state index is 0.0694. The summed E-state index contributed by atoms with van der Waals surface area (Å²) in [7, 11) is 0. The SMILES string of the molecule is Cc1cccc2cc(CN3CCN(C(=O)c4cccc(F)c4)CC3)c(=O)[nH]c12.